The van der Waals surface area contributed by atoms with E-state index in [4.69, 9.17) is 0 Å². The third kappa shape index (κ3) is 2.80. The highest BCUT2D eigenvalue weighted by Gasteiger charge is 2.30. The van der Waals surface area contributed by atoms with E-state index in [-0.39, 0.29) is 0 Å². The summed E-state index contributed by atoms with van der Waals surface area (Å²) in [6.07, 6.45) is -2.61. The largest absolute Gasteiger partial charge is 0.416 e. The standard InChI is InChI=1S/C14H15F3N2/c1-3-4-9-7-10-8-11(14(15,16)17)5-6-12(10)19-13(9)18-2/h5-8H,3-4H2,1-2H3,(H,18,19). The molecular formula is C14H15F3N2. The zero-order valence-electron chi connectivity index (χ0n) is 10.8. The van der Waals surface area contributed by atoms with E-state index in [1.807, 2.05) is 6.92 Å². The average molecular weight is 268 g/mol. The van der Waals surface area contributed by atoms with Gasteiger partial charge >= 0.3 is 6.18 Å². The van der Waals surface area contributed by atoms with Gasteiger partial charge in [0.05, 0.1) is 11.1 Å². The first-order chi connectivity index (χ1) is 8.95. The van der Waals surface area contributed by atoms with Gasteiger partial charge in [-0.2, -0.15) is 13.2 Å². The second-order valence-electron chi connectivity index (χ2n) is 4.40. The van der Waals surface area contributed by atoms with Crippen LogP contribution in [0.15, 0.2) is 24.3 Å². The van der Waals surface area contributed by atoms with Gasteiger partial charge in [-0.25, -0.2) is 4.98 Å². The number of alkyl halides is 3. The van der Waals surface area contributed by atoms with E-state index in [0.717, 1.165) is 36.4 Å². The summed E-state index contributed by atoms with van der Waals surface area (Å²) in [4.78, 5) is 4.36. The molecule has 0 unspecified atom stereocenters. The molecule has 19 heavy (non-hydrogen) atoms. The molecule has 1 N–H and O–H groups in total. The fourth-order valence-electron chi connectivity index (χ4n) is 2.07. The van der Waals surface area contributed by atoms with Crippen molar-refractivity contribution >= 4 is 16.7 Å². The number of pyridine rings is 1. The number of aromatic nitrogens is 1. The molecule has 5 heteroatoms. The second kappa shape index (κ2) is 5.07. The van der Waals surface area contributed by atoms with Gasteiger partial charge in [-0.1, -0.05) is 13.3 Å². The maximum Gasteiger partial charge on any atom is 0.416 e. The molecule has 2 aromatic rings. The number of nitrogens with one attached hydrogen (secondary N) is 1. The van der Waals surface area contributed by atoms with Crippen molar-refractivity contribution in [3.63, 3.8) is 0 Å². The van der Waals surface area contributed by atoms with E-state index in [1.54, 1.807) is 13.1 Å². The molecule has 0 fully saturated rings. The molecule has 2 rings (SSSR count). The summed E-state index contributed by atoms with van der Waals surface area (Å²) in [5, 5.41) is 3.51. The number of rotatable bonds is 3. The molecule has 1 aromatic carbocycles. The first-order valence-corrected chi connectivity index (χ1v) is 6.14. The fourth-order valence-corrected chi connectivity index (χ4v) is 2.07. The fraction of sp³-hybridized carbons (Fsp3) is 0.357. The average Bonchev–Trinajstić information content (AvgIpc) is 2.36. The first kappa shape index (κ1) is 13.6. The minimum atomic E-state index is -4.32. The van der Waals surface area contributed by atoms with Gasteiger partial charge in [0.1, 0.15) is 5.82 Å². The van der Waals surface area contributed by atoms with Crippen molar-refractivity contribution in [2.24, 2.45) is 0 Å². The number of benzene rings is 1. The molecule has 0 spiro atoms. The highest BCUT2D eigenvalue weighted by Crippen LogP contribution is 2.32. The quantitative estimate of drug-likeness (QED) is 0.900. The number of hydrogen-bond donors (Lipinski definition) is 1. The summed E-state index contributed by atoms with van der Waals surface area (Å²) in [7, 11) is 1.76. The Morgan fingerprint density at radius 2 is 1.95 bits per heavy atom. The highest BCUT2D eigenvalue weighted by atomic mass is 19.4. The number of hydrogen-bond acceptors (Lipinski definition) is 2. The lowest BCUT2D eigenvalue weighted by molar-refractivity contribution is -0.137. The Hall–Kier alpha value is -1.78. The predicted molar refractivity (Wildman–Crippen MR) is 70.3 cm³/mol. The monoisotopic (exact) mass is 268 g/mol. The normalized spacial score (nSPS) is 11.8. The maximum atomic E-state index is 12.7. The van der Waals surface area contributed by atoms with Gasteiger partial charge in [0.15, 0.2) is 0 Å². The molecule has 2 nitrogen and oxygen atoms in total. The van der Waals surface area contributed by atoms with Gasteiger partial charge in [0, 0.05) is 12.4 Å². The van der Waals surface area contributed by atoms with Gasteiger partial charge in [-0.05, 0) is 36.2 Å². The summed E-state index contributed by atoms with van der Waals surface area (Å²) < 4.78 is 38.0. The molecule has 0 aliphatic rings. The van der Waals surface area contributed by atoms with Crippen LogP contribution in [0.25, 0.3) is 10.9 Å². The Balaban J connectivity index is 2.59. The predicted octanol–water partition coefficient (Wildman–Crippen LogP) is 4.25. The molecule has 1 heterocycles. The Bertz CT molecular complexity index is 591. The first-order valence-electron chi connectivity index (χ1n) is 6.14. The lowest BCUT2D eigenvalue weighted by atomic mass is 10.1. The minimum Gasteiger partial charge on any atom is -0.373 e. The van der Waals surface area contributed by atoms with Crippen LogP contribution in [0.2, 0.25) is 0 Å². The van der Waals surface area contributed by atoms with Crippen LogP contribution in [-0.2, 0) is 12.6 Å². The number of aryl methyl sites for hydroxylation is 1. The number of nitrogens with zero attached hydrogens (tertiary/aromatic N) is 1. The SMILES string of the molecule is CCCc1cc2cc(C(F)(F)F)ccc2nc1NC. The zero-order chi connectivity index (χ0) is 14.0. The molecule has 0 radical (unpaired) electrons. The molecule has 0 saturated heterocycles. The van der Waals surface area contributed by atoms with Crippen molar-refractivity contribution in [3.8, 4) is 0 Å². The second-order valence-corrected chi connectivity index (χ2v) is 4.40. The van der Waals surface area contributed by atoms with Gasteiger partial charge in [-0.3, -0.25) is 0 Å². The highest BCUT2D eigenvalue weighted by molar-refractivity contribution is 5.82. The Kier molecular flexibility index (Phi) is 3.64. The van der Waals surface area contributed by atoms with Gasteiger partial charge in [-0.15, -0.1) is 0 Å². The Morgan fingerprint density at radius 3 is 2.53 bits per heavy atom. The molecule has 0 saturated carbocycles. The number of fused-ring (bicyclic) bond motifs is 1. The molecule has 102 valence electrons. The summed E-state index contributed by atoms with van der Waals surface area (Å²) in [6, 6.07) is 5.41. The van der Waals surface area contributed by atoms with Crippen LogP contribution < -0.4 is 5.32 Å². The third-order valence-corrected chi connectivity index (χ3v) is 2.98. The molecule has 0 aliphatic carbocycles. The smallest absolute Gasteiger partial charge is 0.373 e. The van der Waals surface area contributed by atoms with Crippen molar-refractivity contribution in [2.75, 3.05) is 12.4 Å². The van der Waals surface area contributed by atoms with Crippen LogP contribution in [-0.4, -0.2) is 12.0 Å². The van der Waals surface area contributed by atoms with E-state index in [0.29, 0.717) is 10.9 Å². The van der Waals surface area contributed by atoms with Gasteiger partial charge in [0.2, 0.25) is 0 Å². The van der Waals surface area contributed by atoms with Crippen LogP contribution >= 0.6 is 0 Å². The van der Waals surface area contributed by atoms with Crippen molar-refractivity contribution in [1.82, 2.24) is 4.98 Å². The summed E-state index contributed by atoms with van der Waals surface area (Å²) >= 11 is 0. The lowest BCUT2D eigenvalue weighted by Gasteiger charge is -2.11. The van der Waals surface area contributed by atoms with Crippen molar-refractivity contribution in [1.29, 1.82) is 0 Å². The summed E-state index contributed by atoms with van der Waals surface area (Å²) in [5.41, 5.74) is 0.871. The third-order valence-electron chi connectivity index (χ3n) is 2.98. The van der Waals surface area contributed by atoms with Crippen LogP contribution in [0, 0.1) is 0 Å². The number of halogens is 3. The minimum absolute atomic E-state index is 0.525. The topological polar surface area (TPSA) is 24.9 Å². The summed E-state index contributed by atoms with van der Waals surface area (Å²) in [6.45, 7) is 2.02. The van der Waals surface area contributed by atoms with Gasteiger partial charge in [0.25, 0.3) is 0 Å². The lowest BCUT2D eigenvalue weighted by Crippen LogP contribution is -2.05. The van der Waals surface area contributed by atoms with E-state index in [2.05, 4.69) is 10.3 Å². The molecule has 0 amide bonds. The van der Waals surface area contributed by atoms with Crippen LogP contribution in [0.3, 0.4) is 0 Å². The maximum absolute atomic E-state index is 12.7. The number of anilines is 1. The molecule has 1 aromatic heterocycles. The Morgan fingerprint density at radius 1 is 1.21 bits per heavy atom. The van der Waals surface area contributed by atoms with Gasteiger partial charge < -0.3 is 5.32 Å². The van der Waals surface area contributed by atoms with E-state index >= 15 is 0 Å². The molecular weight excluding hydrogens is 253 g/mol. The van der Waals surface area contributed by atoms with Crippen LogP contribution in [0.5, 0.6) is 0 Å². The Labute approximate surface area is 109 Å². The zero-order valence-corrected chi connectivity index (χ0v) is 10.8. The van der Waals surface area contributed by atoms with Crippen LogP contribution in [0.4, 0.5) is 19.0 Å². The van der Waals surface area contributed by atoms with E-state index in [1.165, 1.54) is 6.07 Å². The van der Waals surface area contributed by atoms with Crippen molar-refractivity contribution < 1.29 is 13.2 Å². The van der Waals surface area contributed by atoms with Crippen LogP contribution in [0.1, 0.15) is 24.5 Å². The molecule has 0 atom stereocenters. The molecule has 0 aliphatic heterocycles. The summed E-state index contributed by atoms with van der Waals surface area (Å²) in [5.74, 6) is 0.731. The van der Waals surface area contributed by atoms with Crippen molar-refractivity contribution in [2.45, 2.75) is 25.9 Å². The molecule has 0 bridgehead atoms. The van der Waals surface area contributed by atoms with E-state index in [9.17, 15) is 13.2 Å². The van der Waals surface area contributed by atoms with E-state index < -0.39 is 11.7 Å². The van der Waals surface area contributed by atoms with Crippen molar-refractivity contribution in [3.05, 3.63) is 35.4 Å².